The molecule has 5 nitrogen and oxygen atoms in total. The van der Waals surface area contributed by atoms with E-state index in [-0.39, 0.29) is 11.3 Å². The number of rotatable bonds is 9. The lowest BCUT2D eigenvalue weighted by atomic mass is 9.74. The number of methoxy groups -OCH3 is 1. The lowest BCUT2D eigenvalue weighted by Gasteiger charge is -2.36. The molecule has 1 N–H and O–H groups in total. The van der Waals surface area contributed by atoms with Crippen molar-refractivity contribution in [3.8, 4) is 16.9 Å². The lowest BCUT2D eigenvalue weighted by Crippen LogP contribution is -2.46. The first-order chi connectivity index (χ1) is 15.7. The van der Waals surface area contributed by atoms with Crippen LogP contribution in [-0.4, -0.2) is 57.3 Å². The Labute approximate surface area is 192 Å². The van der Waals surface area contributed by atoms with Crippen LogP contribution in [0.4, 0.5) is 0 Å². The molecule has 4 rings (SSSR count). The molecule has 32 heavy (non-hydrogen) atoms. The second-order valence-electron chi connectivity index (χ2n) is 9.16. The first-order valence-electron chi connectivity index (χ1n) is 12.0. The van der Waals surface area contributed by atoms with Gasteiger partial charge in [0, 0.05) is 19.8 Å². The molecule has 2 aromatic rings. The zero-order chi connectivity index (χ0) is 22.2. The SMILES string of the molecule is COc1cccc(-c2cccc(CC3(C(=O)NCCCN4CCCC4)CCOCC3)c2)c1. The molecule has 2 aliphatic heterocycles. The van der Waals surface area contributed by atoms with Gasteiger partial charge in [-0.25, -0.2) is 0 Å². The Kier molecular flexibility index (Phi) is 7.82. The molecule has 2 heterocycles. The summed E-state index contributed by atoms with van der Waals surface area (Å²) < 4.78 is 11.0. The Hall–Kier alpha value is -2.37. The number of likely N-dealkylation sites (tertiary alicyclic amines) is 1. The fourth-order valence-electron chi connectivity index (χ4n) is 5.00. The zero-order valence-electron chi connectivity index (χ0n) is 19.3. The normalized spacial score (nSPS) is 18.4. The summed E-state index contributed by atoms with van der Waals surface area (Å²) in [6.07, 6.45) is 5.92. The average molecular weight is 437 g/mol. The molecule has 5 heteroatoms. The van der Waals surface area contributed by atoms with Crippen LogP contribution in [0.25, 0.3) is 11.1 Å². The van der Waals surface area contributed by atoms with E-state index in [1.165, 1.54) is 31.5 Å². The molecule has 0 unspecified atom stereocenters. The van der Waals surface area contributed by atoms with E-state index in [9.17, 15) is 4.79 Å². The maximum absolute atomic E-state index is 13.4. The molecule has 0 aliphatic carbocycles. The van der Waals surface area contributed by atoms with E-state index < -0.39 is 0 Å². The van der Waals surface area contributed by atoms with Crippen molar-refractivity contribution in [2.75, 3.05) is 46.5 Å². The van der Waals surface area contributed by atoms with Crippen LogP contribution in [0.3, 0.4) is 0 Å². The fraction of sp³-hybridized carbons (Fsp3) is 0.519. The molecule has 0 spiro atoms. The molecule has 0 atom stereocenters. The molecule has 0 radical (unpaired) electrons. The lowest BCUT2D eigenvalue weighted by molar-refractivity contribution is -0.136. The van der Waals surface area contributed by atoms with E-state index in [0.29, 0.717) is 13.2 Å². The maximum atomic E-state index is 13.4. The summed E-state index contributed by atoms with van der Waals surface area (Å²) in [6.45, 7) is 5.55. The minimum atomic E-state index is -0.390. The van der Waals surface area contributed by atoms with E-state index in [1.807, 2.05) is 12.1 Å². The number of nitrogens with zero attached hydrogens (tertiary/aromatic N) is 1. The topological polar surface area (TPSA) is 50.8 Å². The summed E-state index contributed by atoms with van der Waals surface area (Å²) in [7, 11) is 1.69. The smallest absolute Gasteiger partial charge is 0.226 e. The number of hydrogen-bond donors (Lipinski definition) is 1. The highest BCUT2D eigenvalue weighted by molar-refractivity contribution is 5.83. The van der Waals surface area contributed by atoms with Crippen molar-refractivity contribution in [2.24, 2.45) is 5.41 Å². The summed E-state index contributed by atoms with van der Waals surface area (Å²) >= 11 is 0. The number of benzene rings is 2. The van der Waals surface area contributed by atoms with Crippen molar-refractivity contribution in [3.63, 3.8) is 0 Å². The van der Waals surface area contributed by atoms with Crippen LogP contribution in [0.15, 0.2) is 48.5 Å². The highest BCUT2D eigenvalue weighted by Crippen LogP contribution is 2.36. The largest absolute Gasteiger partial charge is 0.497 e. The van der Waals surface area contributed by atoms with Gasteiger partial charge in [-0.2, -0.15) is 0 Å². The fourth-order valence-corrected chi connectivity index (χ4v) is 5.00. The predicted octanol–water partition coefficient (Wildman–Crippen LogP) is 4.30. The Morgan fingerprint density at radius 3 is 2.53 bits per heavy atom. The molecule has 2 aromatic carbocycles. The highest BCUT2D eigenvalue weighted by Gasteiger charge is 2.40. The van der Waals surface area contributed by atoms with Crippen molar-refractivity contribution in [3.05, 3.63) is 54.1 Å². The average Bonchev–Trinajstić information content (AvgIpc) is 3.36. The van der Waals surface area contributed by atoms with Crippen LogP contribution in [0, 0.1) is 5.41 Å². The van der Waals surface area contributed by atoms with Crippen LogP contribution in [0.5, 0.6) is 5.75 Å². The van der Waals surface area contributed by atoms with Crippen molar-refractivity contribution >= 4 is 5.91 Å². The maximum Gasteiger partial charge on any atom is 0.226 e. The molecule has 172 valence electrons. The minimum absolute atomic E-state index is 0.189. The van der Waals surface area contributed by atoms with Gasteiger partial charge in [-0.3, -0.25) is 4.79 Å². The molecule has 2 fully saturated rings. The van der Waals surface area contributed by atoms with E-state index in [2.05, 4.69) is 46.6 Å². The van der Waals surface area contributed by atoms with Gasteiger partial charge < -0.3 is 19.7 Å². The number of carbonyl (C=O) groups excluding carboxylic acids is 1. The Balaban J connectivity index is 1.43. The van der Waals surface area contributed by atoms with Crippen LogP contribution < -0.4 is 10.1 Å². The molecule has 1 amide bonds. The van der Waals surface area contributed by atoms with Gasteiger partial charge in [-0.15, -0.1) is 0 Å². The third-order valence-corrected chi connectivity index (χ3v) is 6.94. The van der Waals surface area contributed by atoms with Crippen LogP contribution >= 0.6 is 0 Å². The van der Waals surface area contributed by atoms with E-state index in [1.54, 1.807) is 7.11 Å². The number of carbonyl (C=O) groups is 1. The molecule has 2 aliphatic rings. The Bertz CT molecular complexity index is 886. The minimum Gasteiger partial charge on any atom is -0.497 e. The van der Waals surface area contributed by atoms with Gasteiger partial charge in [0.2, 0.25) is 5.91 Å². The quantitative estimate of drug-likeness (QED) is 0.596. The van der Waals surface area contributed by atoms with Crippen LogP contribution in [-0.2, 0) is 16.0 Å². The molecular formula is C27H36N2O3. The number of amides is 1. The van der Waals surface area contributed by atoms with Crippen LogP contribution in [0.1, 0.15) is 37.7 Å². The monoisotopic (exact) mass is 436 g/mol. The van der Waals surface area contributed by atoms with Gasteiger partial charge in [0.15, 0.2) is 0 Å². The third-order valence-electron chi connectivity index (χ3n) is 6.94. The van der Waals surface area contributed by atoms with Gasteiger partial charge in [-0.1, -0.05) is 36.4 Å². The summed E-state index contributed by atoms with van der Waals surface area (Å²) in [5.74, 6) is 1.04. The predicted molar refractivity (Wildman–Crippen MR) is 128 cm³/mol. The summed E-state index contributed by atoms with van der Waals surface area (Å²) in [6, 6.07) is 16.7. The molecule has 0 saturated carbocycles. The van der Waals surface area contributed by atoms with Crippen molar-refractivity contribution < 1.29 is 14.3 Å². The van der Waals surface area contributed by atoms with Crippen molar-refractivity contribution in [1.82, 2.24) is 10.2 Å². The highest BCUT2D eigenvalue weighted by atomic mass is 16.5. The number of hydrogen-bond acceptors (Lipinski definition) is 4. The van der Waals surface area contributed by atoms with E-state index in [4.69, 9.17) is 9.47 Å². The first-order valence-corrected chi connectivity index (χ1v) is 12.0. The van der Waals surface area contributed by atoms with Crippen molar-refractivity contribution in [2.45, 2.75) is 38.5 Å². The summed E-state index contributed by atoms with van der Waals surface area (Å²) in [4.78, 5) is 15.9. The van der Waals surface area contributed by atoms with Gasteiger partial charge in [-0.05, 0) is 87.0 Å². The van der Waals surface area contributed by atoms with Gasteiger partial charge in [0.1, 0.15) is 5.75 Å². The molecular weight excluding hydrogens is 400 g/mol. The molecule has 0 aromatic heterocycles. The Morgan fingerprint density at radius 2 is 1.78 bits per heavy atom. The van der Waals surface area contributed by atoms with Crippen LogP contribution in [0.2, 0.25) is 0 Å². The van der Waals surface area contributed by atoms with E-state index >= 15 is 0 Å². The van der Waals surface area contributed by atoms with Gasteiger partial charge >= 0.3 is 0 Å². The second-order valence-corrected chi connectivity index (χ2v) is 9.16. The number of nitrogens with one attached hydrogen (secondary N) is 1. The Morgan fingerprint density at radius 1 is 1.06 bits per heavy atom. The summed E-state index contributed by atoms with van der Waals surface area (Å²) in [5.41, 5.74) is 3.08. The summed E-state index contributed by atoms with van der Waals surface area (Å²) in [5, 5.41) is 3.26. The van der Waals surface area contributed by atoms with Gasteiger partial charge in [0.05, 0.1) is 12.5 Å². The zero-order valence-corrected chi connectivity index (χ0v) is 19.3. The standard InChI is InChI=1S/C27H36N2O3/c1-31-25-10-5-9-24(20-25)23-8-4-7-22(19-23)21-27(11-17-32-18-12-27)26(30)28-13-6-16-29-14-2-3-15-29/h4-5,7-10,19-20H,2-3,6,11-18,21H2,1H3,(H,28,30). The third kappa shape index (κ3) is 5.70. The van der Waals surface area contributed by atoms with Gasteiger partial charge in [0.25, 0.3) is 0 Å². The molecule has 0 bridgehead atoms. The first kappa shape index (κ1) is 22.8. The van der Waals surface area contributed by atoms with E-state index in [0.717, 1.165) is 55.6 Å². The second kappa shape index (κ2) is 11.0. The number of ether oxygens (including phenoxy) is 2. The van der Waals surface area contributed by atoms with Crippen molar-refractivity contribution in [1.29, 1.82) is 0 Å². The molecule has 2 saturated heterocycles.